The second-order valence-electron chi connectivity index (χ2n) is 5.91. The molecule has 2 aliphatic rings. The highest BCUT2D eigenvalue weighted by atomic mass is 16.5. The number of ether oxygens (including phenoxy) is 1. The highest BCUT2D eigenvalue weighted by Crippen LogP contribution is 2.48. The molecule has 4 nitrogen and oxygen atoms in total. The Morgan fingerprint density at radius 3 is 2.53 bits per heavy atom. The third kappa shape index (κ3) is 3.42. The number of carbonyl (C=O) groups is 1. The van der Waals surface area contributed by atoms with Crippen molar-refractivity contribution in [1.82, 2.24) is 5.32 Å². The van der Waals surface area contributed by atoms with Gasteiger partial charge in [0.15, 0.2) is 0 Å². The monoisotopic (exact) mass is 240 g/mol. The van der Waals surface area contributed by atoms with Gasteiger partial charge >= 0.3 is 0 Å². The van der Waals surface area contributed by atoms with Gasteiger partial charge in [-0.15, -0.1) is 0 Å². The summed E-state index contributed by atoms with van der Waals surface area (Å²) in [5, 5.41) is 3.04. The van der Waals surface area contributed by atoms with Crippen molar-refractivity contribution >= 4 is 5.91 Å². The second-order valence-corrected chi connectivity index (χ2v) is 5.91. The summed E-state index contributed by atoms with van der Waals surface area (Å²) >= 11 is 0. The van der Waals surface area contributed by atoms with Crippen LogP contribution in [0.25, 0.3) is 0 Å². The van der Waals surface area contributed by atoms with Crippen LogP contribution in [0, 0.1) is 5.41 Å². The Hall–Kier alpha value is -0.610. The van der Waals surface area contributed by atoms with Gasteiger partial charge in [-0.3, -0.25) is 4.79 Å². The summed E-state index contributed by atoms with van der Waals surface area (Å²) in [4.78, 5) is 11.8. The average molecular weight is 240 g/mol. The largest absolute Gasteiger partial charge is 0.385 e. The fourth-order valence-electron chi connectivity index (χ4n) is 2.49. The standard InChI is InChI=1S/C13H24N2O2/c1-17-8-7-12(5-6-12)10-15-11(16)9-13(14)3-2-4-13/h2-10,14H2,1H3,(H,15,16). The van der Waals surface area contributed by atoms with Gasteiger partial charge in [0, 0.05) is 32.2 Å². The van der Waals surface area contributed by atoms with E-state index in [0.717, 1.165) is 32.4 Å². The SMILES string of the molecule is COCCC1(CNC(=O)CC2(N)CCC2)CC1. The molecule has 4 heteroatoms. The van der Waals surface area contributed by atoms with Crippen molar-refractivity contribution in [2.45, 2.75) is 50.5 Å². The molecule has 2 rings (SSSR count). The lowest BCUT2D eigenvalue weighted by atomic mass is 9.75. The molecule has 0 spiro atoms. The van der Waals surface area contributed by atoms with E-state index in [4.69, 9.17) is 10.5 Å². The molecular weight excluding hydrogens is 216 g/mol. The van der Waals surface area contributed by atoms with E-state index in [1.54, 1.807) is 7.11 Å². The summed E-state index contributed by atoms with van der Waals surface area (Å²) in [6, 6.07) is 0. The van der Waals surface area contributed by atoms with Crippen LogP contribution in [0.3, 0.4) is 0 Å². The Kier molecular flexibility index (Phi) is 3.73. The van der Waals surface area contributed by atoms with Gasteiger partial charge in [0.25, 0.3) is 0 Å². The van der Waals surface area contributed by atoms with Gasteiger partial charge in [0.05, 0.1) is 0 Å². The van der Waals surface area contributed by atoms with Gasteiger partial charge in [0.1, 0.15) is 0 Å². The van der Waals surface area contributed by atoms with Crippen LogP contribution in [0.5, 0.6) is 0 Å². The first kappa shape index (κ1) is 12.8. The van der Waals surface area contributed by atoms with Crippen LogP contribution < -0.4 is 11.1 Å². The first-order valence-corrected chi connectivity index (χ1v) is 6.62. The number of rotatable bonds is 7. The topological polar surface area (TPSA) is 64.3 Å². The Balaban J connectivity index is 1.66. The first-order valence-electron chi connectivity index (χ1n) is 6.62. The zero-order chi connectivity index (χ0) is 12.4. The number of carbonyl (C=O) groups excluding carboxylic acids is 1. The molecule has 2 aliphatic carbocycles. The minimum absolute atomic E-state index is 0.121. The van der Waals surface area contributed by atoms with E-state index in [0.29, 0.717) is 11.8 Å². The normalized spacial score (nSPS) is 23.9. The first-order chi connectivity index (χ1) is 8.08. The van der Waals surface area contributed by atoms with E-state index in [9.17, 15) is 4.79 Å². The van der Waals surface area contributed by atoms with E-state index in [1.807, 2.05) is 0 Å². The van der Waals surface area contributed by atoms with E-state index in [-0.39, 0.29) is 11.4 Å². The molecule has 0 unspecified atom stereocenters. The van der Waals surface area contributed by atoms with Gasteiger partial charge in [0.2, 0.25) is 5.91 Å². The van der Waals surface area contributed by atoms with Crippen molar-refractivity contribution in [2.75, 3.05) is 20.3 Å². The fraction of sp³-hybridized carbons (Fsp3) is 0.923. The van der Waals surface area contributed by atoms with Gasteiger partial charge < -0.3 is 15.8 Å². The van der Waals surface area contributed by atoms with Crippen molar-refractivity contribution in [3.63, 3.8) is 0 Å². The molecule has 3 N–H and O–H groups in total. The molecule has 0 atom stereocenters. The van der Waals surface area contributed by atoms with Crippen LogP contribution in [0.4, 0.5) is 0 Å². The highest BCUT2D eigenvalue weighted by molar-refractivity contribution is 5.77. The Bertz CT molecular complexity index is 283. The highest BCUT2D eigenvalue weighted by Gasteiger charge is 2.42. The number of nitrogens with one attached hydrogen (secondary N) is 1. The van der Waals surface area contributed by atoms with Crippen molar-refractivity contribution in [3.8, 4) is 0 Å². The summed E-state index contributed by atoms with van der Waals surface area (Å²) in [5.74, 6) is 0.121. The van der Waals surface area contributed by atoms with Crippen LogP contribution in [0.2, 0.25) is 0 Å². The Morgan fingerprint density at radius 2 is 2.06 bits per heavy atom. The van der Waals surface area contributed by atoms with E-state index < -0.39 is 0 Å². The molecule has 0 aromatic carbocycles. The smallest absolute Gasteiger partial charge is 0.221 e. The molecule has 0 saturated heterocycles. The van der Waals surface area contributed by atoms with Crippen LogP contribution in [-0.2, 0) is 9.53 Å². The quantitative estimate of drug-likeness (QED) is 0.702. The minimum atomic E-state index is -0.201. The zero-order valence-corrected chi connectivity index (χ0v) is 10.8. The average Bonchev–Trinajstić information content (AvgIpc) is 3.02. The number of methoxy groups -OCH3 is 1. The van der Waals surface area contributed by atoms with Gasteiger partial charge in [-0.25, -0.2) is 0 Å². The number of hydrogen-bond donors (Lipinski definition) is 2. The third-order valence-corrected chi connectivity index (χ3v) is 4.32. The lowest BCUT2D eigenvalue weighted by Crippen LogP contribution is -2.50. The van der Waals surface area contributed by atoms with E-state index >= 15 is 0 Å². The van der Waals surface area contributed by atoms with Crippen molar-refractivity contribution in [3.05, 3.63) is 0 Å². The summed E-state index contributed by atoms with van der Waals surface area (Å²) in [5.41, 5.74) is 6.18. The molecule has 17 heavy (non-hydrogen) atoms. The van der Waals surface area contributed by atoms with Gasteiger partial charge in [-0.1, -0.05) is 0 Å². The number of nitrogens with two attached hydrogens (primary N) is 1. The Labute approximate surface area is 103 Å². The van der Waals surface area contributed by atoms with Gasteiger partial charge in [-0.05, 0) is 43.9 Å². The van der Waals surface area contributed by atoms with Crippen LogP contribution in [0.1, 0.15) is 44.9 Å². The predicted octanol–water partition coefficient (Wildman–Crippen LogP) is 1.19. The van der Waals surface area contributed by atoms with Gasteiger partial charge in [-0.2, -0.15) is 0 Å². The molecule has 0 bridgehead atoms. The molecule has 0 aromatic rings. The van der Waals surface area contributed by atoms with Crippen molar-refractivity contribution in [1.29, 1.82) is 0 Å². The number of amides is 1. The maximum atomic E-state index is 11.8. The zero-order valence-electron chi connectivity index (χ0n) is 10.8. The molecule has 0 aromatic heterocycles. The molecule has 0 aliphatic heterocycles. The molecule has 0 radical (unpaired) electrons. The Morgan fingerprint density at radius 1 is 1.35 bits per heavy atom. The second kappa shape index (κ2) is 4.94. The van der Waals surface area contributed by atoms with Crippen LogP contribution in [-0.4, -0.2) is 31.7 Å². The minimum Gasteiger partial charge on any atom is -0.385 e. The van der Waals surface area contributed by atoms with Crippen LogP contribution in [0.15, 0.2) is 0 Å². The fourth-order valence-corrected chi connectivity index (χ4v) is 2.49. The molecule has 1 amide bonds. The maximum absolute atomic E-state index is 11.8. The van der Waals surface area contributed by atoms with E-state index in [2.05, 4.69) is 5.32 Å². The van der Waals surface area contributed by atoms with E-state index in [1.165, 1.54) is 19.3 Å². The summed E-state index contributed by atoms with van der Waals surface area (Å²) in [7, 11) is 1.73. The van der Waals surface area contributed by atoms with Crippen LogP contribution >= 0.6 is 0 Å². The molecule has 2 saturated carbocycles. The lowest BCUT2D eigenvalue weighted by Gasteiger charge is -2.37. The predicted molar refractivity (Wildman–Crippen MR) is 66.6 cm³/mol. The maximum Gasteiger partial charge on any atom is 0.221 e. The summed E-state index contributed by atoms with van der Waals surface area (Å²) < 4.78 is 5.10. The molecular formula is C13H24N2O2. The summed E-state index contributed by atoms with van der Waals surface area (Å²) in [6.45, 7) is 1.59. The number of hydrogen-bond acceptors (Lipinski definition) is 3. The lowest BCUT2D eigenvalue weighted by molar-refractivity contribution is -0.123. The summed E-state index contributed by atoms with van der Waals surface area (Å²) in [6.07, 6.45) is 7.13. The third-order valence-electron chi connectivity index (χ3n) is 4.32. The van der Waals surface area contributed by atoms with Crippen molar-refractivity contribution < 1.29 is 9.53 Å². The van der Waals surface area contributed by atoms with Crippen molar-refractivity contribution in [2.24, 2.45) is 11.1 Å². The molecule has 98 valence electrons. The molecule has 0 heterocycles. The molecule has 2 fully saturated rings.